The van der Waals surface area contributed by atoms with E-state index in [2.05, 4.69) is 5.43 Å². The number of carboxylic acid groups (broad SMARTS) is 2. The van der Waals surface area contributed by atoms with Gasteiger partial charge in [0.2, 0.25) is 0 Å². The molecule has 1 aromatic carbocycles. The molecule has 6 heteroatoms. The van der Waals surface area contributed by atoms with Gasteiger partial charge in [-0.25, -0.2) is 9.59 Å². The molecule has 0 aliphatic carbocycles. The molecule has 0 atom stereocenters. The molecule has 0 fully saturated rings. The molecular formula is C8H8N2O4. The number of hydrogen-bond donors (Lipinski definition) is 4. The third-order valence-electron chi connectivity index (χ3n) is 1.67. The van der Waals surface area contributed by atoms with Crippen molar-refractivity contribution in [2.75, 3.05) is 5.43 Å². The number of nitrogens with one attached hydrogen (secondary N) is 1. The standard InChI is InChI=1S/C8H8N2O4/c9-10-6-4(7(11)12)2-1-3-5(6)8(13)14/h1-3,10H,9H2,(H,11,12)(H,13,14). The molecule has 0 saturated carbocycles. The number of para-hydroxylation sites is 1. The molecule has 0 heterocycles. The number of hydrazine groups is 1. The Kier molecular flexibility index (Phi) is 2.68. The Morgan fingerprint density at radius 3 is 1.86 bits per heavy atom. The van der Waals surface area contributed by atoms with Crippen LogP contribution in [0.25, 0.3) is 0 Å². The lowest BCUT2D eigenvalue weighted by Gasteiger charge is -2.07. The van der Waals surface area contributed by atoms with Crippen LogP contribution in [0.4, 0.5) is 5.69 Å². The fourth-order valence-corrected chi connectivity index (χ4v) is 1.06. The largest absolute Gasteiger partial charge is 0.478 e. The first kappa shape index (κ1) is 10.0. The number of rotatable bonds is 3. The van der Waals surface area contributed by atoms with Crippen LogP contribution >= 0.6 is 0 Å². The highest BCUT2D eigenvalue weighted by molar-refractivity contribution is 6.02. The predicted octanol–water partition coefficient (Wildman–Crippen LogP) is 0.369. The average molecular weight is 196 g/mol. The van der Waals surface area contributed by atoms with E-state index in [1.54, 1.807) is 0 Å². The summed E-state index contributed by atoms with van der Waals surface area (Å²) < 4.78 is 0. The number of nitrogen functional groups attached to an aromatic ring is 1. The number of nitrogens with two attached hydrogens (primary N) is 1. The number of anilines is 1. The van der Waals surface area contributed by atoms with Gasteiger partial charge in [0.15, 0.2) is 0 Å². The van der Waals surface area contributed by atoms with Crippen LogP contribution in [0.15, 0.2) is 18.2 Å². The molecule has 1 aromatic rings. The second-order valence-corrected chi connectivity index (χ2v) is 2.48. The summed E-state index contributed by atoms with van der Waals surface area (Å²) in [5, 5.41) is 17.4. The molecule has 0 aliphatic heterocycles. The van der Waals surface area contributed by atoms with Gasteiger partial charge in [0.05, 0.1) is 16.8 Å². The Hall–Kier alpha value is -2.08. The van der Waals surface area contributed by atoms with Crippen LogP contribution in [0.1, 0.15) is 20.7 Å². The van der Waals surface area contributed by atoms with E-state index in [9.17, 15) is 9.59 Å². The zero-order valence-corrected chi connectivity index (χ0v) is 7.02. The van der Waals surface area contributed by atoms with Crippen molar-refractivity contribution in [3.63, 3.8) is 0 Å². The lowest BCUT2D eigenvalue weighted by atomic mass is 10.1. The van der Waals surface area contributed by atoms with E-state index in [4.69, 9.17) is 16.1 Å². The van der Waals surface area contributed by atoms with Crippen molar-refractivity contribution < 1.29 is 19.8 Å². The molecule has 0 unspecified atom stereocenters. The molecule has 1 rings (SSSR count). The summed E-state index contributed by atoms with van der Waals surface area (Å²) >= 11 is 0. The fraction of sp³-hybridized carbons (Fsp3) is 0. The molecule has 6 nitrogen and oxygen atoms in total. The summed E-state index contributed by atoms with van der Waals surface area (Å²) in [6.45, 7) is 0. The van der Waals surface area contributed by atoms with Gasteiger partial charge < -0.3 is 15.6 Å². The van der Waals surface area contributed by atoms with E-state index in [1.807, 2.05) is 0 Å². The summed E-state index contributed by atoms with van der Waals surface area (Å²) in [5.41, 5.74) is 1.61. The number of hydrogen-bond acceptors (Lipinski definition) is 4. The van der Waals surface area contributed by atoms with Crippen molar-refractivity contribution in [3.8, 4) is 0 Å². The molecule has 0 radical (unpaired) electrons. The third-order valence-corrected chi connectivity index (χ3v) is 1.67. The second kappa shape index (κ2) is 3.75. The van der Waals surface area contributed by atoms with E-state index in [1.165, 1.54) is 18.2 Å². The molecule has 0 bridgehead atoms. The van der Waals surface area contributed by atoms with Gasteiger partial charge in [-0.2, -0.15) is 0 Å². The zero-order valence-electron chi connectivity index (χ0n) is 7.02. The summed E-state index contributed by atoms with van der Waals surface area (Å²) in [6, 6.07) is 3.88. The minimum atomic E-state index is -1.24. The molecule has 0 amide bonds. The highest BCUT2D eigenvalue weighted by atomic mass is 16.4. The number of carboxylic acids is 2. The van der Waals surface area contributed by atoms with Crippen LogP contribution in [0.5, 0.6) is 0 Å². The van der Waals surface area contributed by atoms with Gasteiger partial charge in [-0.3, -0.25) is 5.84 Å². The molecule has 74 valence electrons. The Morgan fingerprint density at radius 2 is 1.57 bits per heavy atom. The van der Waals surface area contributed by atoms with Crippen LogP contribution in [0.3, 0.4) is 0 Å². The predicted molar refractivity (Wildman–Crippen MR) is 48.2 cm³/mol. The van der Waals surface area contributed by atoms with Crippen molar-refractivity contribution in [1.82, 2.24) is 0 Å². The maximum Gasteiger partial charge on any atom is 0.337 e. The molecule has 0 spiro atoms. The van der Waals surface area contributed by atoms with Crippen molar-refractivity contribution >= 4 is 17.6 Å². The van der Waals surface area contributed by atoms with Gasteiger partial charge in [-0.05, 0) is 12.1 Å². The molecule has 0 aromatic heterocycles. The zero-order chi connectivity index (χ0) is 10.7. The minimum absolute atomic E-state index is 0.104. The fourth-order valence-electron chi connectivity index (χ4n) is 1.06. The molecule has 14 heavy (non-hydrogen) atoms. The van der Waals surface area contributed by atoms with Crippen LogP contribution in [0, 0.1) is 0 Å². The van der Waals surface area contributed by atoms with Crippen LogP contribution in [0.2, 0.25) is 0 Å². The topological polar surface area (TPSA) is 113 Å². The Morgan fingerprint density at radius 1 is 1.14 bits per heavy atom. The number of benzene rings is 1. The highest BCUT2D eigenvalue weighted by Crippen LogP contribution is 2.20. The number of aromatic carboxylic acids is 2. The second-order valence-electron chi connectivity index (χ2n) is 2.48. The average Bonchev–Trinajstić information content (AvgIpc) is 2.16. The van der Waals surface area contributed by atoms with Gasteiger partial charge in [0.25, 0.3) is 0 Å². The first-order chi connectivity index (χ1) is 6.57. The third kappa shape index (κ3) is 1.64. The SMILES string of the molecule is NNc1c(C(=O)O)cccc1C(=O)O. The van der Waals surface area contributed by atoms with E-state index in [0.29, 0.717) is 0 Å². The van der Waals surface area contributed by atoms with Crippen LogP contribution < -0.4 is 11.3 Å². The Bertz CT molecular complexity index is 357. The monoisotopic (exact) mass is 196 g/mol. The van der Waals surface area contributed by atoms with Gasteiger partial charge in [-0.1, -0.05) is 6.07 Å². The summed E-state index contributed by atoms with van der Waals surface area (Å²) in [4.78, 5) is 21.3. The molecule has 5 N–H and O–H groups in total. The lowest BCUT2D eigenvalue weighted by Crippen LogP contribution is -2.16. The van der Waals surface area contributed by atoms with E-state index < -0.39 is 11.9 Å². The lowest BCUT2D eigenvalue weighted by molar-refractivity contribution is 0.0696. The van der Waals surface area contributed by atoms with Gasteiger partial charge in [0, 0.05) is 0 Å². The van der Waals surface area contributed by atoms with Crippen LogP contribution in [-0.4, -0.2) is 22.2 Å². The quantitative estimate of drug-likeness (QED) is 0.410. The molecule has 0 aliphatic rings. The van der Waals surface area contributed by atoms with Crippen molar-refractivity contribution in [1.29, 1.82) is 0 Å². The molecule has 0 saturated heterocycles. The van der Waals surface area contributed by atoms with Crippen molar-refractivity contribution in [3.05, 3.63) is 29.3 Å². The van der Waals surface area contributed by atoms with E-state index >= 15 is 0 Å². The Labute approximate surface area is 78.9 Å². The maximum absolute atomic E-state index is 10.7. The normalized spacial score (nSPS) is 9.50. The maximum atomic E-state index is 10.7. The van der Waals surface area contributed by atoms with Gasteiger partial charge >= 0.3 is 11.9 Å². The minimum Gasteiger partial charge on any atom is -0.478 e. The summed E-state index contributed by atoms with van der Waals surface area (Å²) in [5.74, 6) is 2.58. The number of carbonyl (C=O) groups is 2. The Balaban J connectivity index is 3.39. The first-order valence-corrected chi connectivity index (χ1v) is 3.64. The van der Waals surface area contributed by atoms with Gasteiger partial charge in [0.1, 0.15) is 0 Å². The summed E-state index contributed by atoms with van der Waals surface area (Å²) in [6.07, 6.45) is 0. The molecular weight excluding hydrogens is 188 g/mol. The van der Waals surface area contributed by atoms with E-state index in [0.717, 1.165) is 0 Å². The van der Waals surface area contributed by atoms with Crippen molar-refractivity contribution in [2.45, 2.75) is 0 Å². The van der Waals surface area contributed by atoms with Crippen molar-refractivity contribution in [2.24, 2.45) is 5.84 Å². The van der Waals surface area contributed by atoms with E-state index in [-0.39, 0.29) is 16.8 Å². The smallest absolute Gasteiger partial charge is 0.337 e. The summed E-state index contributed by atoms with van der Waals surface area (Å²) in [7, 11) is 0. The van der Waals surface area contributed by atoms with Gasteiger partial charge in [-0.15, -0.1) is 0 Å². The van der Waals surface area contributed by atoms with Crippen LogP contribution in [-0.2, 0) is 0 Å². The highest BCUT2D eigenvalue weighted by Gasteiger charge is 2.16. The first-order valence-electron chi connectivity index (χ1n) is 3.64.